The molecule has 1 aromatic carbocycles. The van der Waals surface area contributed by atoms with Crippen LogP contribution in [0.1, 0.15) is 38.2 Å². The Morgan fingerprint density at radius 1 is 1.41 bits per heavy atom. The van der Waals surface area contributed by atoms with Crippen molar-refractivity contribution < 1.29 is 14.2 Å². The average molecular weight is 238 g/mol. The molecule has 2 atom stereocenters. The molecule has 1 fully saturated rings. The fraction of sp³-hybridized carbons (Fsp3) is 0.571. The van der Waals surface area contributed by atoms with Gasteiger partial charge in [-0.05, 0) is 24.1 Å². The topological polar surface area (TPSA) is 29.5 Å². The van der Waals surface area contributed by atoms with Crippen molar-refractivity contribution in [1.29, 1.82) is 0 Å². The highest BCUT2D eigenvalue weighted by Gasteiger charge is 2.36. The second-order valence-corrected chi connectivity index (χ2v) is 4.77. The van der Waals surface area contributed by atoms with Gasteiger partial charge in [0.2, 0.25) is 0 Å². The first kappa shape index (κ1) is 12.5. The SMILES string of the molecule is CCCC1CC(O)(c2ccc(F)cc2)CCO1. The lowest BCUT2D eigenvalue weighted by molar-refractivity contribution is -0.110. The third kappa shape index (κ3) is 2.85. The minimum Gasteiger partial charge on any atom is -0.385 e. The lowest BCUT2D eigenvalue weighted by atomic mass is 9.83. The van der Waals surface area contributed by atoms with Crippen LogP contribution < -0.4 is 0 Å². The molecule has 1 aliphatic rings. The standard InChI is InChI=1S/C14H19FO2/c1-2-3-13-10-14(16,8-9-17-13)11-4-6-12(15)7-5-11/h4-7,13,16H,2-3,8-10H2,1H3. The van der Waals surface area contributed by atoms with Gasteiger partial charge in [0.05, 0.1) is 18.3 Å². The molecule has 2 nitrogen and oxygen atoms in total. The Morgan fingerprint density at radius 3 is 2.76 bits per heavy atom. The van der Waals surface area contributed by atoms with Gasteiger partial charge < -0.3 is 9.84 Å². The highest BCUT2D eigenvalue weighted by Crippen LogP contribution is 2.35. The molecule has 17 heavy (non-hydrogen) atoms. The first-order valence-corrected chi connectivity index (χ1v) is 6.24. The zero-order valence-electron chi connectivity index (χ0n) is 10.2. The van der Waals surface area contributed by atoms with Crippen molar-refractivity contribution in [3.05, 3.63) is 35.6 Å². The molecule has 0 spiro atoms. The molecule has 0 amide bonds. The van der Waals surface area contributed by atoms with Crippen LogP contribution in [-0.2, 0) is 10.3 Å². The second-order valence-electron chi connectivity index (χ2n) is 4.77. The summed E-state index contributed by atoms with van der Waals surface area (Å²) in [7, 11) is 0. The molecule has 0 bridgehead atoms. The minimum atomic E-state index is -0.855. The van der Waals surface area contributed by atoms with E-state index in [1.54, 1.807) is 12.1 Å². The predicted octanol–water partition coefficient (Wildman–Crippen LogP) is 2.99. The van der Waals surface area contributed by atoms with Crippen LogP contribution in [0.3, 0.4) is 0 Å². The van der Waals surface area contributed by atoms with E-state index in [1.165, 1.54) is 12.1 Å². The monoisotopic (exact) mass is 238 g/mol. The molecule has 1 aromatic rings. The summed E-state index contributed by atoms with van der Waals surface area (Å²) >= 11 is 0. The molecule has 0 radical (unpaired) electrons. The van der Waals surface area contributed by atoms with Crippen LogP contribution in [0, 0.1) is 5.82 Å². The van der Waals surface area contributed by atoms with Crippen LogP contribution in [-0.4, -0.2) is 17.8 Å². The Kier molecular flexibility index (Phi) is 3.79. The lowest BCUT2D eigenvalue weighted by Crippen LogP contribution is -2.38. The first-order valence-electron chi connectivity index (χ1n) is 6.24. The van der Waals surface area contributed by atoms with E-state index in [9.17, 15) is 9.50 Å². The molecule has 1 saturated heterocycles. The number of rotatable bonds is 3. The minimum absolute atomic E-state index is 0.115. The number of hydrogen-bond donors (Lipinski definition) is 1. The third-order valence-corrected chi connectivity index (χ3v) is 3.43. The van der Waals surface area contributed by atoms with Crippen LogP contribution in [0.4, 0.5) is 4.39 Å². The van der Waals surface area contributed by atoms with Gasteiger partial charge in [-0.3, -0.25) is 0 Å². The molecule has 94 valence electrons. The Labute approximate surface area is 101 Å². The molecule has 3 heteroatoms. The Balaban J connectivity index is 2.14. The van der Waals surface area contributed by atoms with Gasteiger partial charge in [0.25, 0.3) is 0 Å². The van der Waals surface area contributed by atoms with Crippen LogP contribution in [0.2, 0.25) is 0 Å². The Morgan fingerprint density at radius 2 is 2.12 bits per heavy atom. The largest absolute Gasteiger partial charge is 0.385 e. The van der Waals surface area contributed by atoms with Crippen LogP contribution in [0.25, 0.3) is 0 Å². The number of benzene rings is 1. The van der Waals surface area contributed by atoms with E-state index < -0.39 is 5.60 Å². The summed E-state index contributed by atoms with van der Waals surface area (Å²) in [6.07, 6.45) is 3.31. The Bertz CT molecular complexity index is 361. The molecule has 0 aliphatic carbocycles. The molecule has 2 unspecified atom stereocenters. The van der Waals surface area contributed by atoms with Crippen molar-refractivity contribution in [3.63, 3.8) is 0 Å². The van der Waals surface area contributed by atoms with Gasteiger partial charge >= 0.3 is 0 Å². The van der Waals surface area contributed by atoms with Gasteiger partial charge in [-0.25, -0.2) is 4.39 Å². The van der Waals surface area contributed by atoms with Crippen molar-refractivity contribution in [3.8, 4) is 0 Å². The van der Waals surface area contributed by atoms with Crippen LogP contribution >= 0.6 is 0 Å². The van der Waals surface area contributed by atoms with Crippen LogP contribution in [0.15, 0.2) is 24.3 Å². The third-order valence-electron chi connectivity index (χ3n) is 3.43. The van der Waals surface area contributed by atoms with Crippen molar-refractivity contribution in [2.24, 2.45) is 0 Å². The fourth-order valence-electron chi connectivity index (χ4n) is 2.46. The number of ether oxygens (including phenoxy) is 1. The summed E-state index contributed by atoms with van der Waals surface area (Å²) < 4.78 is 18.5. The van der Waals surface area contributed by atoms with E-state index in [4.69, 9.17) is 4.74 Å². The van der Waals surface area contributed by atoms with Crippen molar-refractivity contribution in [2.75, 3.05) is 6.61 Å². The number of hydrogen-bond acceptors (Lipinski definition) is 2. The Hall–Kier alpha value is -0.930. The van der Waals surface area contributed by atoms with Crippen LogP contribution in [0.5, 0.6) is 0 Å². The molecule has 2 rings (SSSR count). The van der Waals surface area contributed by atoms with E-state index in [2.05, 4.69) is 6.92 Å². The smallest absolute Gasteiger partial charge is 0.123 e. The number of aliphatic hydroxyl groups is 1. The molecule has 1 N–H and O–H groups in total. The predicted molar refractivity (Wildman–Crippen MR) is 64.2 cm³/mol. The highest BCUT2D eigenvalue weighted by atomic mass is 19.1. The molecule has 1 heterocycles. The molecule has 1 aliphatic heterocycles. The number of halogens is 1. The van der Waals surface area contributed by atoms with Gasteiger partial charge in [-0.15, -0.1) is 0 Å². The summed E-state index contributed by atoms with van der Waals surface area (Å²) in [6, 6.07) is 6.14. The molecule has 0 saturated carbocycles. The zero-order valence-corrected chi connectivity index (χ0v) is 10.2. The maximum atomic E-state index is 12.9. The fourth-order valence-corrected chi connectivity index (χ4v) is 2.46. The highest BCUT2D eigenvalue weighted by molar-refractivity contribution is 5.23. The van der Waals surface area contributed by atoms with E-state index in [-0.39, 0.29) is 11.9 Å². The van der Waals surface area contributed by atoms with E-state index in [1.807, 2.05) is 0 Å². The van der Waals surface area contributed by atoms with Crippen molar-refractivity contribution in [2.45, 2.75) is 44.3 Å². The van der Waals surface area contributed by atoms with Crippen molar-refractivity contribution >= 4 is 0 Å². The lowest BCUT2D eigenvalue weighted by Gasteiger charge is -2.37. The molecule has 0 aromatic heterocycles. The normalized spacial score (nSPS) is 29.2. The van der Waals surface area contributed by atoms with E-state index >= 15 is 0 Å². The van der Waals surface area contributed by atoms with Gasteiger partial charge in [-0.2, -0.15) is 0 Å². The first-order chi connectivity index (χ1) is 8.14. The molecular formula is C14H19FO2. The summed E-state index contributed by atoms with van der Waals surface area (Å²) in [5.74, 6) is -0.269. The van der Waals surface area contributed by atoms with E-state index in [0.29, 0.717) is 19.4 Å². The van der Waals surface area contributed by atoms with Gasteiger partial charge in [0.1, 0.15) is 5.82 Å². The van der Waals surface area contributed by atoms with E-state index in [0.717, 1.165) is 18.4 Å². The van der Waals surface area contributed by atoms with Gasteiger partial charge in [0.15, 0.2) is 0 Å². The summed E-state index contributed by atoms with van der Waals surface area (Å²) in [6.45, 7) is 2.67. The van der Waals surface area contributed by atoms with Gasteiger partial charge in [0, 0.05) is 12.8 Å². The summed E-state index contributed by atoms with van der Waals surface area (Å²) in [5.41, 5.74) is -0.0606. The molecular weight excluding hydrogens is 219 g/mol. The summed E-state index contributed by atoms with van der Waals surface area (Å²) in [5, 5.41) is 10.6. The maximum Gasteiger partial charge on any atom is 0.123 e. The quantitative estimate of drug-likeness (QED) is 0.877. The zero-order chi connectivity index (χ0) is 12.3. The summed E-state index contributed by atoms with van der Waals surface area (Å²) in [4.78, 5) is 0. The second kappa shape index (κ2) is 5.15. The maximum absolute atomic E-state index is 12.9. The average Bonchev–Trinajstić information content (AvgIpc) is 2.30. The van der Waals surface area contributed by atoms with Crippen molar-refractivity contribution in [1.82, 2.24) is 0 Å². The van der Waals surface area contributed by atoms with Gasteiger partial charge in [-0.1, -0.05) is 25.5 Å².